The maximum Gasteiger partial charge on any atom is 0.139 e. The molecule has 0 aliphatic heterocycles. The lowest BCUT2D eigenvalue weighted by Crippen LogP contribution is -2.10. The van der Waals surface area contributed by atoms with Crippen LogP contribution in [0.5, 0.6) is 0 Å². The lowest BCUT2D eigenvalue weighted by molar-refractivity contribution is -0.123. The number of carbonyl (C=O) groups is 1. The first-order chi connectivity index (χ1) is 6.61. The van der Waals surface area contributed by atoms with Gasteiger partial charge in [-0.25, -0.2) is 0 Å². The lowest BCUT2D eigenvalue weighted by Gasteiger charge is -2.03. The molecular weight excluding hydrogens is 176 g/mol. The average molecular weight is 192 g/mol. The quantitative estimate of drug-likeness (QED) is 0.731. The van der Waals surface area contributed by atoms with Crippen molar-refractivity contribution < 1.29 is 4.79 Å². The molecule has 1 aromatic heterocycles. The first kappa shape index (κ1) is 9.44. The topological polar surface area (TPSA) is 34.9 Å². The number of carbonyl (C=O) groups excluding carboxylic acids is 1. The molecule has 3 heteroatoms. The highest BCUT2D eigenvalue weighted by Gasteiger charge is 2.45. The molecule has 3 nitrogen and oxygen atoms in total. The summed E-state index contributed by atoms with van der Waals surface area (Å²) < 4.78 is 1.87. The summed E-state index contributed by atoms with van der Waals surface area (Å²) in [5.41, 5.74) is 1.20. The SMILES string of the molecule is CC(C)C(=O)[C@H]1C[C@@H]1c1ccnn1C. The predicted octanol–water partition coefficient (Wildman–Crippen LogP) is 1.75. The van der Waals surface area contributed by atoms with Crippen molar-refractivity contribution in [3.63, 3.8) is 0 Å². The maximum absolute atomic E-state index is 11.7. The Hall–Kier alpha value is -1.12. The van der Waals surface area contributed by atoms with Gasteiger partial charge in [-0.3, -0.25) is 9.48 Å². The molecule has 0 saturated heterocycles. The third kappa shape index (κ3) is 1.47. The van der Waals surface area contributed by atoms with Crippen LogP contribution in [0.2, 0.25) is 0 Å². The fraction of sp³-hybridized carbons (Fsp3) is 0.636. The Morgan fingerprint density at radius 2 is 2.36 bits per heavy atom. The Morgan fingerprint density at radius 1 is 1.64 bits per heavy atom. The summed E-state index contributed by atoms with van der Waals surface area (Å²) in [4.78, 5) is 11.7. The first-order valence-electron chi connectivity index (χ1n) is 5.13. The molecule has 0 radical (unpaired) electrons. The maximum atomic E-state index is 11.7. The molecule has 0 aromatic carbocycles. The predicted molar refractivity (Wildman–Crippen MR) is 53.9 cm³/mol. The number of nitrogens with zero attached hydrogens (tertiary/aromatic N) is 2. The fourth-order valence-electron chi connectivity index (χ4n) is 2.01. The number of hydrogen-bond acceptors (Lipinski definition) is 2. The van der Waals surface area contributed by atoms with E-state index in [-0.39, 0.29) is 11.8 Å². The molecule has 1 heterocycles. The fourth-order valence-corrected chi connectivity index (χ4v) is 2.01. The average Bonchev–Trinajstić information content (AvgIpc) is 2.81. The van der Waals surface area contributed by atoms with E-state index in [1.807, 2.05) is 31.6 Å². The number of hydrogen-bond donors (Lipinski definition) is 0. The second-order valence-electron chi connectivity index (χ2n) is 4.39. The largest absolute Gasteiger partial charge is 0.299 e. The van der Waals surface area contributed by atoms with Crippen LogP contribution in [0, 0.1) is 11.8 Å². The molecule has 0 spiro atoms. The summed E-state index contributed by atoms with van der Waals surface area (Å²) in [6, 6.07) is 2.01. The van der Waals surface area contributed by atoms with Crippen LogP contribution in [0.25, 0.3) is 0 Å². The monoisotopic (exact) mass is 192 g/mol. The highest BCUT2D eigenvalue weighted by atomic mass is 16.1. The summed E-state index contributed by atoms with van der Waals surface area (Å²) in [6.07, 6.45) is 2.81. The van der Waals surface area contributed by atoms with Gasteiger partial charge in [0.15, 0.2) is 0 Å². The molecule has 0 amide bonds. The van der Waals surface area contributed by atoms with Gasteiger partial charge in [0.2, 0.25) is 0 Å². The second-order valence-corrected chi connectivity index (χ2v) is 4.39. The van der Waals surface area contributed by atoms with Gasteiger partial charge in [-0.05, 0) is 12.5 Å². The van der Waals surface area contributed by atoms with Crippen molar-refractivity contribution in [1.29, 1.82) is 0 Å². The van der Waals surface area contributed by atoms with Crippen LogP contribution in [-0.2, 0) is 11.8 Å². The van der Waals surface area contributed by atoms with Gasteiger partial charge >= 0.3 is 0 Å². The van der Waals surface area contributed by atoms with E-state index in [1.165, 1.54) is 5.69 Å². The Labute approximate surface area is 84.1 Å². The lowest BCUT2D eigenvalue weighted by atomic mass is 10.0. The molecule has 1 fully saturated rings. The number of aryl methyl sites for hydroxylation is 1. The van der Waals surface area contributed by atoms with Crippen molar-refractivity contribution in [3.05, 3.63) is 18.0 Å². The Bertz CT molecular complexity index is 354. The van der Waals surface area contributed by atoms with Crippen LogP contribution in [0.15, 0.2) is 12.3 Å². The zero-order valence-electron chi connectivity index (χ0n) is 8.90. The van der Waals surface area contributed by atoms with Crippen molar-refractivity contribution in [2.45, 2.75) is 26.2 Å². The van der Waals surface area contributed by atoms with Crippen molar-refractivity contribution in [2.24, 2.45) is 18.9 Å². The molecule has 0 unspecified atom stereocenters. The van der Waals surface area contributed by atoms with Crippen LogP contribution >= 0.6 is 0 Å². The van der Waals surface area contributed by atoms with Crippen LogP contribution in [0.4, 0.5) is 0 Å². The van der Waals surface area contributed by atoms with E-state index in [0.717, 1.165) is 6.42 Å². The van der Waals surface area contributed by atoms with Crippen molar-refractivity contribution in [1.82, 2.24) is 9.78 Å². The van der Waals surface area contributed by atoms with Gasteiger partial charge in [-0.15, -0.1) is 0 Å². The smallest absolute Gasteiger partial charge is 0.139 e. The molecule has 76 valence electrons. The Kier molecular flexibility index (Phi) is 2.17. The van der Waals surface area contributed by atoms with Gasteiger partial charge in [-0.1, -0.05) is 13.8 Å². The van der Waals surface area contributed by atoms with Crippen LogP contribution in [0.3, 0.4) is 0 Å². The summed E-state index contributed by atoms with van der Waals surface area (Å²) in [5.74, 6) is 1.25. The molecule has 2 atom stereocenters. The van der Waals surface area contributed by atoms with Gasteiger partial charge < -0.3 is 0 Å². The summed E-state index contributed by atoms with van der Waals surface area (Å²) in [5, 5.41) is 4.12. The number of ketones is 1. The van der Waals surface area contributed by atoms with E-state index in [0.29, 0.717) is 11.7 Å². The molecule has 1 aliphatic carbocycles. The summed E-state index contributed by atoms with van der Waals surface area (Å²) in [7, 11) is 1.94. The van der Waals surface area contributed by atoms with Gasteiger partial charge in [-0.2, -0.15) is 5.10 Å². The zero-order valence-corrected chi connectivity index (χ0v) is 8.90. The Morgan fingerprint density at radius 3 is 2.86 bits per heavy atom. The van der Waals surface area contributed by atoms with Gasteiger partial charge in [0.25, 0.3) is 0 Å². The number of rotatable bonds is 3. The van der Waals surface area contributed by atoms with Crippen LogP contribution < -0.4 is 0 Å². The molecule has 1 aliphatic rings. The van der Waals surface area contributed by atoms with E-state index < -0.39 is 0 Å². The third-order valence-electron chi connectivity index (χ3n) is 2.96. The van der Waals surface area contributed by atoms with Crippen molar-refractivity contribution in [3.8, 4) is 0 Å². The van der Waals surface area contributed by atoms with Gasteiger partial charge in [0, 0.05) is 36.7 Å². The minimum Gasteiger partial charge on any atom is -0.299 e. The zero-order chi connectivity index (χ0) is 10.3. The van der Waals surface area contributed by atoms with Gasteiger partial charge in [0.05, 0.1) is 0 Å². The van der Waals surface area contributed by atoms with Crippen molar-refractivity contribution >= 4 is 5.78 Å². The molecule has 2 rings (SSSR count). The molecule has 0 bridgehead atoms. The standard InChI is InChI=1S/C11H16N2O/c1-7(2)11(14)9-6-8(9)10-4-5-12-13(10)3/h4-5,7-9H,6H2,1-3H3/t8-,9-/m0/s1. The number of aromatic nitrogens is 2. The normalized spacial score (nSPS) is 25.4. The molecular formula is C11H16N2O. The van der Waals surface area contributed by atoms with E-state index in [9.17, 15) is 4.79 Å². The summed E-state index contributed by atoms with van der Waals surface area (Å²) in [6.45, 7) is 3.95. The summed E-state index contributed by atoms with van der Waals surface area (Å²) >= 11 is 0. The molecule has 1 saturated carbocycles. The minimum atomic E-state index is 0.165. The highest BCUT2D eigenvalue weighted by molar-refractivity contribution is 5.86. The Balaban J connectivity index is 2.07. The van der Waals surface area contributed by atoms with Crippen molar-refractivity contribution in [2.75, 3.05) is 0 Å². The minimum absolute atomic E-state index is 0.165. The molecule has 14 heavy (non-hydrogen) atoms. The van der Waals surface area contributed by atoms with E-state index in [1.54, 1.807) is 6.20 Å². The first-order valence-corrected chi connectivity index (χ1v) is 5.13. The highest BCUT2D eigenvalue weighted by Crippen LogP contribution is 2.48. The van der Waals surface area contributed by atoms with E-state index in [2.05, 4.69) is 5.10 Å². The molecule has 0 N–H and O–H groups in total. The van der Waals surface area contributed by atoms with E-state index in [4.69, 9.17) is 0 Å². The third-order valence-corrected chi connectivity index (χ3v) is 2.96. The molecule has 1 aromatic rings. The van der Waals surface area contributed by atoms with Crippen LogP contribution in [0.1, 0.15) is 31.9 Å². The van der Waals surface area contributed by atoms with Gasteiger partial charge in [0.1, 0.15) is 5.78 Å². The number of Topliss-reactive ketones (excluding diaryl/α,β-unsaturated/α-hetero) is 1. The second kappa shape index (κ2) is 3.23. The van der Waals surface area contributed by atoms with E-state index >= 15 is 0 Å². The van der Waals surface area contributed by atoms with Crippen LogP contribution in [-0.4, -0.2) is 15.6 Å².